The summed E-state index contributed by atoms with van der Waals surface area (Å²) < 4.78 is 6.58. The number of rotatable bonds is 6. The molecular formula is C21H29N9O3. The summed E-state index contributed by atoms with van der Waals surface area (Å²) in [4.78, 5) is 22.2. The lowest BCUT2D eigenvalue weighted by Gasteiger charge is -2.34. The van der Waals surface area contributed by atoms with Crippen molar-refractivity contribution >= 4 is 23.2 Å². The third-order valence-corrected chi connectivity index (χ3v) is 6.35. The number of nitrogens with zero attached hydrogens (tertiary/aromatic N) is 7. The van der Waals surface area contributed by atoms with Crippen LogP contribution in [-0.2, 0) is 0 Å². The molecular weight excluding hydrogens is 426 g/mol. The molecule has 12 nitrogen and oxygen atoms in total. The fraction of sp³-hybridized carbons (Fsp3) is 0.571. The minimum absolute atomic E-state index is 0.0914. The Morgan fingerprint density at radius 2 is 2.18 bits per heavy atom. The predicted molar refractivity (Wildman–Crippen MR) is 120 cm³/mol. The van der Waals surface area contributed by atoms with Gasteiger partial charge in [0.05, 0.1) is 18.3 Å². The van der Waals surface area contributed by atoms with E-state index in [1.54, 1.807) is 9.42 Å². The molecule has 2 aliphatic heterocycles. The van der Waals surface area contributed by atoms with Gasteiger partial charge in [0.2, 0.25) is 11.5 Å². The van der Waals surface area contributed by atoms with Gasteiger partial charge in [0.1, 0.15) is 5.82 Å². The summed E-state index contributed by atoms with van der Waals surface area (Å²) in [5, 5.41) is 24.3. The Balaban J connectivity index is 1.44. The second-order valence-corrected chi connectivity index (χ2v) is 8.74. The number of piperidine rings is 1. The minimum atomic E-state index is -0.269. The first-order chi connectivity index (χ1) is 16.0. The molecule has 2 atom stereocenters. The molecule has 0 bridgehead atoms. The summed E-state index contributed by atoms with van der Waals surface area (Å²) in [6, 6.07) is 1.94. The lowest BCUT2D eigenvalue weighted by atomic mass is 9.99. The molecule has 2 aliphatic rings. The summed E-state index contributed by atoms with van der Waals surface area (Å²) >= 11 is 0. The zero-order valence-electron chi connectivity index (χ0n) is 18.6. The summed E-state index contributed by atoms with van der Waals surface area (Å²) in [7, 11) is 0. The van der Waals surface area contributed by atoms with Crippen LogP contribution >= 0.6 is 0 Å². The minimum Gasteiger partial charge on any atom is -0.395 e. The summed E-state index contributed by atoms with van der Waals surface area (Å²) in [5.74, 6) is 0.903. The van der Waals surface area contributed by atoms with E-state index in [2.05, 4.69) is 20.5 Å². The number of amides is 1. The molecule has 0 aromatic carbocycles. The van der Waals surface area contributed by atoms with Gasteiger partial charge in [-0.05, 0) is 42.9 Å². The molecule has 2 fully saturated rings. The molecule has 0 saturated carbocycles. The van der Waals surface area contributed by atoms with Crippen molar-refractivity contribution < 1.29 is 14.5 Å². The van der Waals surface area contributed by atoms with Crippen LogP contribution in [0.5, 0.6) is 0 Å². The largest absolute Gasteiger partial charge is 0.395 e. The molecule has 33 heavy (non-hydrogen) atoms. The number of aromatic nitrogens is 5. The Morgan fingerprint density at radius 3 is 2.97 bits per heavy atom. The first kappa shape index (κ1) is 21.6. The third kappa shape index (κ3) is 4.11. The fourth-order valence-corrected chi connectivity index (χ4v) is 4.72. The molecule has 1 amide bonds. The molecule has 12 heteroatoms. The van der Waals surface area contributed by atoms with E-state index < -0.39 is 0 Å². The third-order valence-electron chi connectivity index (χ3n) is 6.35. The molecule has 0 radical (unpaired) electrons. The Kier molecular flexibility index (Phi) is 5.85. The number of hydrogen-bond acceptors (Lipinski definition) is 10. The van der Waals surface area contributed by atoms with E-state index in [9.17, 15) is 4.79 Å². The maximum atomic E-state index is 13.3. The number of carbonyl (C=O) groups excluding carboxylic acids is 1. The van der Waals surface area contributed by atoms with Crippen LogP contribution in [0.4, 0.5) is 11.6 Å². The van der Waals surface area contributed by atoms with Gasteiger partial charge in [-0.1, -0.05) is 0 Å². The smallest absolute Gasteiger partial charge is 0.280 e. The van der Waals surface area contributed by atoms with Gasteiger partial charge < -0.3 is 26.0 Å². The normalized spacial score (nSPS) is 21.2. The van der Waals surface area contributed by atoms with E-state index in [0.717, 1.165) is 61.5 Å². The highest BCUT2D eigenvalue weighted by Gasteiger charge is 2.34. The van der Waals surface area contributed by atoms with Crippen molar-refractivity contribution in [3.05, 3.63) is 29.2 Å². The van der Waals surface area contributed by atoms with E-state index in [1.165, 1.54) is 0 Å². The number of aryl methyl sites for hydroxylation is 1. The van der Waals surface area contributed by atoms with Crippen LogP contribution in [0, 0.1) is 6.92 Å². The number of hydrogen-bond donors (Lipinski definition) is 3. The second kappa shape index (κ2) is 8.94. The number of nitrogens with one attached hydrogen (secondary N) is 1. The maximum absolute atomic E-state index is 13.3. The highest BCUT2D eigenvalue weighted by atomic mass is 16.6. The van der Waals surface area contributed by atoms with Crippen LogP contribution in [0.3, 0.4) is 0 Å². The fourth-order valence-electron chi connectivity index (χ4n) is 4.72. The summed E-state index contributed by atoms with van der Waals surface area (Å²) in [6.07, 6.45) is 5.64. The molecule has 2 saturated heterocycles. The van der Waals surface area contributed by atoms with Crippen molar-refractivity contribution in [3.8, 4) is 0 Å². The van der Waals surface area contributed by atoms with Crippen molar-refractivity contribution in [2.24, 2.45) is 5.73 Å². The van der Waals surface area contributed by atoms with E-state index in [1.807, 2.05) is 19.2 Å². The van der Waals surface area contributed by atoms with Gasteiger partial charge in [-0.2, -0.15) is 5.10 Å². The van der Waals surface area contributed by atoms with Crippen LogP contribution in [-0.4, -0.2) is 79.7 Å². The monoisotopic (exact) mass is 455 g/mol. The van der Waals surface area contributed by atoms with Crippen LogP contribution < -0.4 is 16.0 Å². The van der Waals surface area contributed by atoms with Gasteiger partial charge in [0, 0.05) is 50.0 Å². The van der Waals surface area contributed by atoms with Gasteiger partial charge in [0.15, 0.2) is 5.65 Å². The molecule has 3 aromatic heterocycles. The Labute approximate surface area is 190 Å². The van der Waals surface area contributed by atoms with Crippen molar-refractivity contribution in [1.82, 2.24) is 29.8 Å². The lowest BCUT2D eigenvalue weighted by Crippen LogP contribution is -2.39. The Hall–Kier alpha value is -3.25. The van der Waals surface area contributed by atoms with Gasteiger partial charge >= 0.3 is 0 Å². The highest BCUT2D eigenvalue weighted by Crippen LogP contribution is 2.33. The average Bonchev–Trinajstić information content (AvgIpc) is 3.56. The van der Waals surface area contributed by atoms with E-state index >= 15 is 0 Å². The first-order valence-electron chi connectivity index (χ1n) is 11.4. The maximum Gasteiger partial charge on any atom is 0.280 e. The lowest BCUT2D eigenvalue weighted by molar-refractivity contribution is 0.0595. The zero-order valence-corrected chi connectivity index (χ0v) is 18.6. The summed E-state index contributed by atoms with van der Waals surface area (Å²) in [5.41, 5.74) is 8.79. The molecule has 5 rings (SSSR count). The first-order valence-corrected chi connectivity index (χ1v) is 11.4. The number of nitrogens with two attached hydrogens (primary N) is 1. The number of carbonyl (C=O) groups is 1. The van der Waals surface area contributed by atoms with E-state index in [4.69, 9.17) is 25.6 Å². The molecule has 4 N–H and O–H groups in total. The number of fused-ring (bicyclic) bond motifs is 1. The molecule has 2 unspecified atom stereocenters. The molecule has 0 aliphatic carbocycles. The topological polar surface area (TPSA) is 151 Å². The average molecular weight is 456 g/mol. The van der Waals surface area contributed by atoms with Gasteiger partial charge in [0.25, 0.3) is 5.91 Å². The molecule has 176 valence electrons. The van der Waals surface area contributed by atoms with Crippen molar-refractivity contribution in [2.45, 2.75) is 44.7 Å². The van der Waals surface area contributed by atoms with Crippen LogP contribution in [0.15, 0.2) is 16.9 Å². The number of aliphatic hydroxyl groups excluding tert-OH is 1. The predicted octanol–water partition coefficient (Wildman–Crippen LogP) is 0.730. The molecule has 0 spiro atoms. The highest BCUT2D eigenvalue weighted by molar-refractivity contribution is 5.96. The Morgan fingerprint density at radius 1 is 1.30 bits per heavy atom. The van der Waals surface area contributed by atoms with E-state index in [0.29, 0.717) is 6.54 Å². The van der Waals surface area contributed by atoms with Gasteiger partial charge in [-0.15, -0.1) is 0 Å². The Bertz CT molecular complexity index is 1140. The van der Waals surface area contributed by atoms with Crippen LogP contribution in [0.25, 0.3) is 5.65 Å². The number of aliphatic hydroxyl groups is 1. The van der Waals surface area contributed by atoms with Crippen LogP contribution in [0.2, 0.25) is 0 Å². The van der Waals surface area contributed by atoms with Crippen molar-refractivity contribution in [2.75, 3.05) is 43.0 Å². The molecule has 5 heterocycles. The van der Waals surface area contributed by atoms with E-state index in [-0.39, 0.29) is 42.7 Å². The number of anilines is 2. The standard InChI is InChI=1S/C21H29N9O3/c1-13-11-30-17(24-20(13)28-8-5-14(22)12-28)10-15(25-30)16-4-2-3-7-29(16)21(32)18-19(23-6-9-31)27-33-26-18/h10-11,14,16,31H,2-9,12,22H2,1H3,(H,23,27). The SMILES string of the molecule is Cc1cn2nc(C3CCCCN3C(=O)c3nonc3NCCO)cc2nc1N1CCC(N)C1. The van der Waals surface area contributed by atoms with Crippen LogP contribution in [0.1, 0.15) is 53.5 Å². The zero-order chi connectivity index (χ0) is 22.9. The number of likely N-dealkylation sites (tertiary alicyclic amines) is 1. The van der Waals surface area contributed by atoms with Crippen molar-refractivity contribution in [3.63, 3.8) is 0 Å². The van der Waals surface area contributed by atoms with Crippen molar-refractivity contribution in [1.29, 1.82) is 0 Å². The second-order valence-electron chi connectivity index (χ2n) is 8.74. The quantitative estimate of drug-likeness (QED) is 0.485. The van der Waals surface area contributed by atoms with Gasteiger partial charge in [-0.25, -0.2) is 14.1 Å². The van der Waals surface area contributed by atoms with Gasteiger partial charge in [-0.3, -0.25) is 4.79 Å². The summed E-state index contributed by atoms with van der Waals surface area (Å²) in [6.45, 7) is 4.48. The molecule has 3 aromatic rings.